The van der Waals surface area contributed by atoms with Gasteiger partial charge in [-0.3, -0.25) is 5.43 Å². The molecule has 0 saturated heterocycles. The van der Waals surface area contributed by atoms with Crippen molar-refractivity contribution in [2.24, 2.45) is 17.7 Å². The Morgan fingerprint density at radius 1 is 1.11 bits per heavy atom. The highest BCUT2D eigenvalue weighted by molar-refractivity contribution is 5.42. The van der Waals surface area contributed by atoms with E-state index in [1.807, 2.05) is 14.1 Å². The van der Waals surface area contributed by atoms with Crippen LogP contribution in [0.5, 0.6) is 0 Å². The van der Waals surface area contributed by atoms with E-state index in [1.165, 1.54) is 0 Å². The van der Waals surface area contributed by atoms with E-state index in [2.05, 4.69) is 46.5 Å². The molecule has 1 unspecified atom stereocenters. The first-order valence-electron chi connectivity index (χ1n) is 6.08. The first-order chi connectivity index (χ1) is 8.43. The van der Waals surface area contributed by atoms with Gasteiger partial charge in [-0.25, -0.2) is 5.84 Å². The average molecular weight is 253 g/mol. The molecule has 0 aliphatic heterocycles. The second kappa shape index (κ2) is 6.34. The Morgan fingerprint density at radius 2 is 1.72 bits per heavy atom. The molecule has 0 bridgehead atoms. The molecule has 7 heteroatoms. The van der Waals surface area contributed by atoms with Crippen molar-refractivity contribution in [1.29, 1.82) is 0 Å². The van der Waals surface area contributed by atoms with E-state index in [4.69, 9.17) is 5.84 Å². The zero-order valence-corrected chi connectivity index (χ0v) is 11.7. The molecule has 18 heavy (non-hydrogen) atoms. The summed E-state index contributed by atoms with van der Waals surface area (Å²) in [6, 6.07) is 0. The topological polar surface area (TPSA) is 92.0 Å². The normalized spacial score (nSPS) is 12.4. The molecule has 0 fully saturated rings. The van der Waals surface area contributed by atoms with E-state index in [1.54, 1.807) is 4.90 Å². The van der Waals surface area contributed by atoms with Crippen molar-refractivity contribution in [2.75, 3.05) is 36.3 Å². The van der Waals surface area contributed by atoms with E-state index >= 15 is 0 Å². The first-order valence-corrected chi connectivity index (χ1v) is 6.08. The number of anilines is 3. The van der Waals surface area contributed by atoms with Crippen LogP contribution < -0.4 is 21.5 Å². The van der Waals surface area contributed by atoms with Crippen molar-refractivity contribution < 1.29 is 0 Å². The van der Waals surface area contributed by atoms with Gasteiger partial charge in [0.25, 0.3) is 0 Å². The number of hydrogen-bond donors (Lipinski definition) is 3. The number of nitrogen functional groups attached to an aromatic ring is 1. The first kappa shape index (κ1) is 14.4. The van der Waals surface area contributed by atoms with Gasteiger partial charge in [0.2, 0.25) is 17.8 Å². The monoisotopic (exact) mass is 253 g/mol. The molecular formula is C11H23N7. The molecule has 0 saturated carbocycles. The summed E-state index contributed by atoms with van der Waals surface area (Å²) in [5, 5.41) is 3.21. The van der Waals surface area contributed by atoms with Gasteiger partial charge in [0, 0.05) is 20.6 Å². The summed E-state index contributed by atoms with van der Waals surface area (Å²) in [7, 11) is 3.74. The third-order valence-electron chi connectivity index (χ3n) is 2.87. The fourth-order valence-corrected chi connectivity index (χ4v) is 1.20. The summed E-state index contributed by atoms with van der Waals surface area (Å²) in [6.07, 6.45) is 0. The van der Waals surface area contributed by atoms with Crippen LogP contribution in [0.25, 0.3) is 0 Å². The Hall–Kier alpha value is -1.63. The molecule has 0 radical (unpaired) electrons. The van der Waals surface area contributed by atoms with Crippen molar-refractivity contribution in [3.8, 4) is 0 Å². The van der Waals surface area contributed by atoms with Crippen molar-refractivity contribution in [3.63, 3.8) is 0 Å². The van der Waals surface area contributed by atoms with Crippen LogP contribution in [-0.2, 0) is 0 Å². The van der Waals surface area contributed by atoms with Crippen molar-refractivity contribution in [1.82, 2.24) is 15.0 Å². The Morgan fingerprint density at radius 3 is 2.22 bits per heavy atom. The Kier molecular flexibility index (Phi) is 5.08. The number of hydrogen-bond acceptors (Lipinski definition) is 7. The summed E-state index contributed by atoms with van der Waals surface area (Å²) in [5.74, 6) is 7.95. The summed E-state index contributed by atoms with van der Waals surface area (Å²) < 4.78 is 0. The fourth-order valence-electron chi connectivity index (χ4n) is 1.20. The maximum atomic E-state index is 5.34. The van der Waals surface area contributed by atoms with E-state index in [0.29, 0.717) is 29.7 Å². The maximum Gasteiger partial charge on any atom is 0.243 e. The van der Waals surface area contributed by atoms with Crippen LogP contribution in [0.15, 0.2) is 0 Å². The molecule has 0 amide bonds. The van der Waals surface area contributed by atoms with Crippen LogP contribution in [0.2, 0.25) is 0 Å². The molecule has 4 N–H and O–H groups in total. The largest absolute Gasteiger partial charge is 0.354 e. The van der Waals surface area contributed by atoms with E-state index < -0.39 is 0 Å². The Labute approximate surface area is 108 Å². The number of hydrazine groups is 1. The Bertz CT molecular complexity index is 378. The van der Waals surface area contributed by atoms with Crippen LogP contribution in [0.3, 0.4) is 0 Å². The minimum Gasteiger partial charge on any atom is -0.354 e. The lowest BCUT2D eigenvalue weighted by atomic mass is 9.98. The number of nitrogens with zero attached hydrogens (tertiary/aromatic N) is 4. The van der Waals surface area contributed by atoms with Crippen LogP contribution in [0.1, 0.15) is 20.8 Å². The van der Waals surface area contributed by atoms with E-state index in [9.17, 15) is 0 Å². The minimum atomic E-state index is 0.355. The van der Waals surface area contributed by atoms with Gasteiger partial charge in [0.05, 0.1) is 0 Å². The molecule has 102 valence electrons. The number of nitrogens with two attached hydrogens (primary N) is 1. The highest BCUT2D eigenvalue weighted by Gasteiger charge is 2.10. The number of rotatable bonds is 6. The van der Waals surface area contributed by atoms with Gasteiger partial charge < -0.3 is 10.2 Å². The molecule has 0 spiro atoms. The van der Waals surface area contributed by atoms with Crippen molar-refractivity contribution >= 4 is 17.8 Å². The van der Waals surface area contributed by atoms with E-state index in [0.717, 1.165) is 6.54 Å². The van der Waals surface area contributed by atoms with Gasteiger partial charge in [-0.15, -0.1) is 0 Å². The van der Waals surface area contributed by atoms with Crippen LogP contribution in [-0.4, -0.2) is 35.6 Å². The molecular weight excluding hydrogens is 230 g/mol. The minimum absolute atomic E-state index is 0.355. The second-order valence-electron chi connectivity index (χ2n) is 4.92. The Balaban J connectivity index is 2.78. The van der Waals surface area contributed by atoms with Gasteiger partial charge >= 0.3 is 0 Å². The standard InChI is InChI=1S/C11H23N7/c1-7(2)8(3)6-13-9-14-10(17-12)16-11(15-9)18(4)5/h7-8H,6,12H2,1-5H3,(H2,13,14,15,16,17). The lowest BCUT2D eigenvalue weighted by Gasteiger charge is -2.17. The maximum absolute atomic E-state index is 5.34. The molecule has 1 aromatic rings. The zero-order valence-electron chi connectivity index (χ0n) is 11.7. The summed E-state index contributed by atoms with van der Waals surface area (Å²) >= 11 is 0. The third-order valence-corrected chi connectivity index (χ3v) is 2.87. The zero-order chi connectivity index (χ0) is 13.7. The molecule has 0 aliphatic rings. The third kappa shape index (κ3) is 3.99. The highest BCUT2D eigenvalue weighted by Crippen LogP contribution is 2.13. The lowest BCUT2D eigenvalue weighted by molar-refractivity contribution is 0.439. The van der Waals surface area contributed by atoms with Crippen molar-refractivity contribution in [2.45, 2.75) is 20.8 Å². The molecule has 1 rings (SSSR count). The smallest absolute Gasteiger partial charge is 0.243 e. The van der Waals surface area contributed by atoms with Gasteiger partial charge in [0.15, 0.2) is 0 Å². The SMILES string of the molecule is CC(C)C(C)CNc1nc(NN)nc(N(C)C)n1. The molecule has 0 aromatic carbocycles. The van der Waals surface area contributed by atoms with Gasteiger partial charge in [-0.05, 0) is 11.8 Å². The van der Waals surface area contributed by atoms with E-state index in [-0.39, 0.29) is 0 Å². The quantitative estimate of drug-likeness (QED) is 0.513. The summed E-state index contributed by atoms with van der Waals surface area (Å²) in [5.41, 5.74) is 2.44. The van der Waals surface area contributed by atoms with Crippen LogP contribution in [0.4, 0.5) is 17.8 Å². The fraction of sp³-hybridized carbons (Fsp3) is 0.727. The van der Waals surface area contributed by atoms with Crippen LogP contribution in [0, 0.1) is 11.8 Å². The molecule has 0 aliphatic carbocycles. The highest BCUT2D eigenvalue weighted by atomic mass is 15.4. The average Bonchev–Trinajstić information content (AvgIpc) is 2.35. The molecule has 1 heterocycles. The summed E-state index contributed by atoms with van der Waals surface area (Å²) in [4.78, 5) is 14.4. The predicted molar refractivity (Wildman–Crippen MR) is 74.5 cm³/mol. The summed E-state index contributed by atoms with van der Waals surface area (Å²) in [6.45, 7) is 7.39. The van der Waals surface area contributed by atoms with Gasteiger partial charge in [-0.1, -0.05) is 20.8 Å². The number of aromatic nitrogens is 3. The van der Waals surface area contributed by atoms with Gasteiger partial charge in [-0.2, -0.15) is 15.0 Å². The molecule has 1 aromatic heterocycles. The van der Waals surface area contributed by atoms with Crippen molar-refractivity contribution in [3.05, 3.63) is 0 Å². The predicted octanol–water partition coefficient (Wildman–Crippen LogP) is 0.927. The molecule has 1 atom stereocenters. The number of nitrogens with one attached hydrogen (secondary N) is 2. The second-order valence-corrected chi connectivity index (χ2v) is 4.92. The lowest BCUT2D eigenvalue weighted by Crippen LogP contribution is -2.21. The molecule has 7 nitrogen and oxygen atoms in total. The van der Waals surface area contributed by atoms with Gasteiger partial charge in [0.1, 0.15) is 0 Å². The van der Waals surface area contributed by atoms with Crippen LogP contribution >= 0.6 is 0 Å².